The first-order valence-electron chi connectivity index (χ1n) is 7.41. The van der Waals surface area contributed by atoms with Gasteiger partial charge in [-0.3, -0.25) is 0 Å². The van der Waals surface area contributed by atoms with Gasteiger partial charge in [-0.15, -0.1) is 0 Å². The molecule has 21 heavy (non-hydrogen) atoms. The lowest BCUT2D eigenvalue weighted by Gasteiger charge is -2.15. The van der Waals surface area contributed by atoms with Crippen LogP contribution in [0.5, 0.6) is 5.75 Å². The first-order chi connectivity index (χ1) is 10.3. The number of methoxy groups -OCH3 is 1. The Morgan fingerprint density at radius 1 is 1.24 bits per heavy atom. The zero-order chi connectivity index (χ0) is 14.7. The summed E-state index contributed by atoms with van der Waals surface area (Å²) in [5.74, 6) is 0.982. The molecule has 0 saturated carbocycles. The van der Waals surface area contributed by atoms with E-state index in [1.54, 1.807) is 7.11 Å². The van der Waals surface area contributed by atoms with E-state index in [9.17, 15) is 0 Å². The van der Waals surface area contributed by atoms with Crippen LogP contribution >= 0.6 is 15.9 Å². The third-order valence-corrected chi connectivity index (χ3v) is 4.65. The van der Waals surface area contributed by atoms with E-state index in [4.69, 9.17) is 4.74 Å². The van der Waals surface area contributed by atoms with Gasteiger partial charge in [0.05, 0.1) is 7.11 Å². The Bertz CT molecular complexity index is 626. The summed E-state index contributed by atoms with van der Waals surface area (Å²) in [6, 6.07) is 15.4. The van der Waals surface area contributed by atoms with Gasteiger partial charge in [0, 0.05) is 10.5 Å². The van der Waals surface area contributed by atoms with E-state index in [1.165, 1.54) is 34.0 Å². The molecule has 110 valence electrons. The fourth-order valence-corrected chi connectivity index (χ4v) is 3.50. The highest BCUT2D eigenvalue weighted by Gasteiger charge is 2.21. The molecule has 2 aromatic carbocycles. The zero-order valence-corrected chi connectivity index (χ0v) is 13.8. The molecule has 3 rings (SSSR count). The molecule has 0 heterocycles. The number of nitrogens with one attached hydrogen (secondary N) is 1. The Hall–Kier alpha value is -1.32. The first-order valence-corrected chi connectivity index (χ1v) is 8.21. The summed E-state index contributed by atoms with van der Waals surface area (Å²) >= 11 is 3.55. The van der Waals surface area contributed by atoms with Gasteiger partial charge in [0.1, 0.15) is 5.75 Å². The van der Waals surface area contributed by atoms with Crippen LogP contribution in [0.3, 0.4) is 0 Å². The van der Waals surface area contributed by atoms with Crippen molar-refractivity contribution in [2.45, 2.75) is 25.3 Å². The van der Waals surface area contributed by atoms with Gasteiger partial charge in [0.15, 0.2) is 0 Å². The molecular weight excluding hydrogens is 326 g/mol. The maximum absolute atomic E-state index is 5.40. The summed E-state index contributed by atoms with van der Waals surface area (Å²) in [5.41, 5.74) is 4.19. The van der Waals surface area contributed by atoms with Gasteiger partial charge in [-0.05, 0) is 60.7 Å². The minimum atomic E-state index is 0.489. The number of benzene rings is 2. The SMILES string of the molecule is COc1ccccc1CCNC1CCc2cc(Br)ccc21. The van der Waals surface area contributed by atoms with Crippen LogP contribution < -0.4 is 10.1 Å². The highest BCUT2D eigenvalue weighted by atomic mass is 79.9. The number of aryl methyl sites for hydroxylation is 1. The van der Waals surface area contributed by atoms with E-state index in [2.05, 4.69) is 51.6 Å². The van der Waals surface area contributed by atoms with Crippen LogP contribution in [0.4, 0.5) is 0 Å². The first kappa shape index (κ1) is 14.6. The number of hydrogen-bond acceptors (Lipinski definition) is 2. The molecule has 1 aliphatic carbocycles. The van der Waals surface area contributed by atoms with E-state index in [-0.39, 0.29) is 0 Å². The Balaban J connectivity index is 1.60. The molecule has 0 amide bonds. The smallest absolute Gasteiger partial charge is 0.122 e. The lowest BCUT2D eigenvalue weighted by Crippen LogP contribution is -2.22. The fraction of sp³-hybridized carbons (Fsp3) is 0.333. The second-order valence-electron chi connectivity index (χ2n) is 5.45. The van der Waals surface area contributed by atoms with Gasteiger partial charge in [-0.2, -0.15) is 0 Å². The van der Waals surface area contributed by atoms with Crippen LogP contribution in [0.2, 0.25) is 0 Å². The summed E-state index contributed by atoms with van der Waals surface area (Å²) in [4.78, 5) is 0. The van der Waals surface area contributed by atoms with E-state index in [0.717, 1.165) is 18.7 Å². The number of fused-ring (bicyclic) bond motifs is 1. The highest BCUT2D eigenvalue weighted by Crippen LogP contribution is 2.32. The van der Waals surface area contributed by atoms with Gasteiger partial charge in [-0.1, -0.05) is 40.2 Å². The molecule has 1 N–H and O–H groups in total. The van der Waals surface area contributed by atoms with Crippen molar-refractivity contribution in [3.63, 3.8) is 0 Å². The van der Waals surface area contributed by atoms with Crippen LogP contribution in [0, 0.1) is 0 Å². The minimum absolute atomic E-state index is 0.489. The van der Waals surface area contributed by atoms with Crippen molar-refractivity contribution in [2.75, 3.05) is 13.7 Å². The van der Waals surface area contributed by atoms with Gasteiger partial charge < -0.3 is 10.1 Å². The number of ether oxygens (including phenoxy) is 1. The maximum atomic E-state index is 5.40. The zero-order valence-electron chi connectivity index (χ0n) is 12.2. The van der Waals surface area contributed by atoms with Crippen molar-refractivity contribution in [1.82, 2.24) is 5.32 Å². The van der Waals surface area contributed by atoms with Gasteiger partial charge >= 0.3 is 0 Å². The minimum Gasteiger partial charge on any atom is -0.496 e. The van der Waals surface area contributed by atoms with Crippen molar-refractivity contribution >= 4 is 15.9 Å². The second-order valence-corrected chi connectivity index (χ2v) is 6.37. The maximum Gasteiger partial charge on any atom is 0.122 e. The topological polar surface area (TPSA) is 21.3 Å². The Morgan fingerprint density at radius 3 is 2.95 bits per heavy atom. The van der Waals surface area contributed by atoms with Crippen molar-refractivity contribution < 1.29 is 4.74 Å². The molecule has 0 fully saturated rings. The quantitative estimate of drug-likeness (QED) is 0.873. The third-order valence-electron chi connectivity index (χ3n) is 4.16. The summed E-state index contributed by atoms with van der Waals surface area (Å²) in [7, 11) is 1.73. The third kappa shape index (κ3) is 3.30. The van der Waals surface area contributed by atoms with E-state index in [1.807, 2.05) is 12.1 Å². The summed E-state index contributed by atoms with van der Waals surface area (Å²) in [6.07, 6.45) is 3.35. The lowest BCUT2D eigenvalue weighted by atomic mass is 10.1. The van der Waals surface area contributed by atoms with Crippen LogP contribution in [0.25, 0.3) is 0 Å². The van der Waals surface area contributed by atoms with Crippen LogP contribution in [-0.4, -0.2) is 13.7 Å². The highest BCUT2D eigenvalue weighted by molar-refractivity contribution is 9.10. The average Bonchev–Trinajstić information content (AvgIpc) is 2.90. The standard InChI is InChI=1S/C18H20BrNO/c1-21-18-5-3-2-4-13(18)10-11-20-17-9-6-14-12-15(19)7-8-16(14)17/h2-5,7-8,12,17,20H,6,9-11H2,1H3. The predicted molar refractivity (Wildman–Crippen MR) is 89.9 cm³/mol. The molecular formula is C18H20BrNO. The normalized spacial score (nSPS) is 16.8. The second kappa shape index (κ2) is 6.63. The van der Waals surface area contributed by atoms with Crippen molar-refractivity contribution in [3.8, 4) is 5.75 Å². The number of rotatable bonds is 5. The molecule has 2 nitrogen and oxygen atoms in total. The number of halogens is 1. The monoisotopic (exact) mass is 345 g/mol. The van der Waals surface area contributed by atoms with Crippen LogP contribution in [0.1, 0.15) is 29.2 Å². The summed E-state index contributed by atoms with van der Waals surface area (Å²) in [5, 5.41) is 3.69. The summed E-state index contributed by atoms with van der Waals surface area (Å²) in [6.45, 7) is 0.973. The molecule has 3 heteroatoms. The number of hydrogen-bond donors (Lipinski definition) is 1. The van der Waals surface area contributed by atoms with E-state index >= 15 is 0 Å². The molecule has 2 aromatic rings. The molecule has 0 saturated heterocycles. The van der Waals surface area contributed by atoms with Gasteiger partial charge in [0.25, 0.3) is 0 Å². The molecule has 0 aliphatic heterocycles. The molecule has 0 aromatic heterocycles. The average molecular weight is 346 g/mol. The van der Waals surface area contributed by atoms with Crippen LogP contribution in [-0.2, 0) is 12.8 Å². The summed E-state index contributed by atoms with van der Waals surface area (Å²) < 4.78 is 6.58. The predicted octanol–water partition coefficient (Wildman–Crippen LogP) is 4.28. The Labute approximate surface area is 134 Å². The largest absolute Gasteiger partial charge is 0.496 e. The molecule has 0 bridgehead atoms. The number of para-hydroxylation sites is 1. The van der Waals surface area contributed by atoms with Crippen molar-refractivity contribution in [1.29, 1.82) is 0 Å². The Morgan fingerprint density at radius 2 is 2.10 bits per heavy atom. The molecule has 1 unspecified atom stereocenters. The Kier molecular flexibility index (Phi) is 4.61. The molecule has 0 radical (unpaired) electrons. The molecule has 1 atom stereocenters. The molecule has 1 aliphatic rings. The van der Waals surface area contributed by atoms with E-state index in [0.29, 0.717) is 6.04 Å². The lowest BCUT2D eigenvalue weighted by molar-refractivity contribution is 0.408. The van der Waals surface area contributed by atoms with Gasteiger partial charge in [0.2, 0.25) is 0 Å². The van der Waals surface area contributed by atoms with E-state index < -0.39 is 0 Å². The fourth-order valence-electron chi connectivity index (χ4n) is 3.09. The van der Waals surface area contributed by atoms with Gasteiger partial charge in [-0.25, -0.2) is 0 Å². The van der Waals surface area contributed by atoms with Crippen molar-refractivity contribution in [2.24, 2.45) is 0 Å². The molecule has 0 spiro atoms. The van der Waals surface area contributed by atoms with Crippen molar-refractivity contribution in [3.05, 3.63) is 63.6 Å². The van der Waals surface area contributed by atoms with Crippen LogP contribution in [0.15, 0.2) is 46.9 Å².